The Bertz CT molecular complexity index is 1270. The summed E-state index contributed by atoms with van der Waals surface area (Å²) in [5, 5.41) is 5.46. The summed E-state index contributed by atoms with van der Waals surface area (Å²) in [6.45, 7) is 12.9. The van der Waals surface area contributed by atoms with Gasteiger partial charge in [-0.25, -0.2) is 9.59 Å². The van der Waals surface area contributed by atoms with E-state index in [0.29, 0.717) is 28.1 Å². The van der Waals surface area contributed by atoms with Crippen molar-refractivity contribution >= 4 is 65.8 Å². The molecule has 10 heteroatoms. The van der Waals surface area contributed by atoms with Gasteiger partial charge in [0.15, 0.2) is 0 Å². The van der Waals surface area contributed by atoms with Crippen molar-refractivity contribution in [2.45, 2.75) is 47.3 Å². The highest BCUT2D eigenvalue weighted by Crippen LogP contribution is 2.24. The molecule has 37 heavy (non-hydrogen) atoms. The number of hydrogen-bond acceptors (Lipinski definition) is 6. The van der Waals surface area contributed by atoms with Gasteiger partial charge in [-0.15, -0.1) is 5.54 Å². The first-order chi connectivity index (χ1) is 17.1. The zero-order valence-corrected chi connectivity index (χ0v) is 25.8. The van der Waals surface area contributed by atoms with E-state index in [-0.39, 0.29) is 17.8 Å². The van der Waals surface area contributed by atoms with Crippen molar-refractivity contribution in [3.63, 3.8) is 0 Å². The molecule has 8 nitrogen and oxygen atoms in total. The van der Waals surface area contributed by atoms with Gasteiger partial charge >= 0.3 is 11.9 Å². The van der Waals surface area contributed by atoms with Crippen LogP contribution in [0.4, 0.5) is 11.4 Å². The number of rotatable bonds is 4. The predicted octanol–water partition coefficient (Wildman–Crippen LogP) is 5.31. The number of anilines is 2. The summed E-state index contributed by atoms with van der Waals surface area (Å²) < 4.78 is 10.2. The zero-order chi connectivity index (χ0) is 28.5. The Morgan fingerprint density at radius 3 is 1.65 bits per heavy atom. The number of methoxy groups -OCH3 is 2. The zero-order valence-electron chi connectivity index (χ0n) is 22.6. The quantitative estimate of drug-likeness (QED) is 0.204. The van der Waals surface area contributed by atoms with Crippen LogP contribution in [0.15, 0.2) is 24.3 Å². The second kappa shape index (κ2) is 13.9. The van der Waals surface area contributed by atoms with E-state index in [1.54, 1.807) is 38.1 Å². The fraction of sp³-hybridized carbons (Fsp3) is 0.333. The van der Waals surface area contributed by atoms with Gasteiger partial charge in [0.2, 0.25) is 11.8 Å². The average Bonchev–Trinajstić information content (AvgIpc) is 2.78. The van der Waals surface area contributed by atoms with Crippen LogP contribution < -0.4 is 10.6 Å². The lowest BCUT2D eigenvalue weighted by molar-refractivity contribution is -0.115. The van der Waals surface area contributed by atoms with Gasteiger partial charge in [0.1, 0.15) is 8.07 Å². The monoisotopic (exact) mass is 636 g/mol. The van der Waals surface area contributed by atoms with Crippen molar-refractivity contribution in [3.05, 3.63) is 55.7 Å². The third-order valence-electron chi connectivity index (χ3n) is 4.68. The fourth-order valence-corrected chi connectivity index (χ4v) is 4.10. The van der Waals surface area contributed by atoms with E-state index in [2.05, 4.69) is 69.1 Å². The maximum absolute atomic E-state index is 11.8. The second-order valence-electron chi connectivity index (χ2n) is 9.21. The molecule has 2 rings (SSSR count). The molecule has 0 bridgehead atoms. The van der Waals surface area contributed by atoms with E-state index in [1.807, 2.05) is 0 Å². The van der Waals surface area contributed by atoms with Crippen LogP contribution in [0.1, 0.15) is 51.3 Å². The predicted molar refractivity (Wildman–Crippen MR) is 157 cm³/mol. The van der Waals surface area contributed by atoms with Crippen molar-refractivity contribution in [2.75, 3.05) is 24.9 Å². The maximum atomic E-state index is 11.8. The van der Waals surface area contributed by atoms with Gasteiger partial charge in [0.05, 0.1) is 36.7 Å². The van der Waals surface area contributed by atoms with Crippen LogP contribution >= 0.6 is 22.6 Å². The first kappa shape index (κ1) is 31.9. The van der Waals surface area contributed by atoms with Crippen molar-refractivity contribution in [2.24, 2.45) is 0 Å². The molecule has 0 saturated carbocycles. The number of carbonyl (C=O) groups excluding carboxylic acids is 4. The Morgan fingerprint density at radius 2 is 1.22 bits per heavy atom. The number of hydrogen-bond donors (Lipinski definition) is 2. The lowest BCUT2D eigenvalue weighted by atomic mass is 10.0. The van der Waals surface area contributed by atoms with Crippen molar-refractivity contribution in [3.8, 4) is 11.5 Å². The normalized spacial score (nSPS) is 10.1. The molecule has 198 valence electrons. The molecule has 0 spiro atoms. The largest absolute Gasteiger partial charge is 0.465 e. The molecule has 2 aromatic rings. The third-order valence-corrected chi connectivity index (χ3v) is 6.45. The van der Waals surface area contributed by atoms with Crippen LogP contribution in [0.2, 0.25) is 19.6 Å². The number of esters is 2. The molecule has 0 atom stereocenters. The van der Waals surface area contributed by atoms with Gasteiger partial charge in [-0.05, 0) is 71.8 Å². The van der Waals surface area contributed by atoms with Crippen LogP contribution in [-0.4, -0.2) is 46.0 Å². The summed E-state index contributed by atoms with van der Waals surface area (Å²) in [6, 6.07) is 6.89. The molecule has 0 aliphatic heterocycles. The number of nitrogens with one attached hydrogen (secondary N) is 2. The minimum atomic E-state index is -1.56. The first-order valence-corrected chi connectivity index (χ1v) is 15.9. The minimum Gasteiger partial charge on any atom is -0.465 e. The molecule has 0 radical (unpaired) electrons. The highest BCUT2D eigenvalue weighted by Gasteiger charge is 2.15. The average molecular weight is 637 g/mol. The molecule has 2 aromatic carbocycles. The van der Waals surface area contributed by atoms with Crippen LogP contribution in [-0.2, 0) is 19.1 Å². The van der Waals surface area contributed by atoms with E-state index in [9.17, 15) is 19.2 Å². The minimum absolute atomic E-state index is 0.136. The summed E-state index contributed by atoms with van der Waals surface area (Å²) in [5.41, 5.74) is 7.70. The number of aryl methyl sites for hydroxylation is 2. The standard InChI is InChI=1S/C16H21NO3Si.C11H12INO3/c1-11-9-15(17-12(2)18)13(7-8-21(4,5)6)10-14(11)16(19)20-3;1-6-4-10(13-7(2)14)9(12)5-8(6)11(15)16-3/h9-10H,1-6H3,(H,17,18);4-5H,1-3H3,(H,13,14). The molecular formula is C27H33IN2O6Si. The SMILES string of the molecule is COC(=O)c1cc(C#C[Si](C)(C)C)c(NC(C)=O)cc1C.COC(=O)c1cc(I)c(NC(C)=O)cc1C. The summed E-state index contributed by atoms with van der Waals surface area (Å²) in [4.78, 5) is 45.4. The van der Waals surface area contributed by atoms with Gasteiger partial charge in [0, 0.05) is 23.0 Å². The first-order valence-electron chi connectivity index (χ1n) is 11.3. The van der Waals surface area contributed by atoms with Gasteiger partial charge < -0.3 is 20.1 Å². The Morgan fingerprint density at radius 1 is 0.784 bits per heavy atom. The van der Waals surface area contributed by atoms with Crippen LogP contribution in [0.5, 0.6) is 0 Å². The lowest BCUT2D eigenvalue weighted by Crippen LogP contribution is -2.16. The second-order valence-corrected chi connectivity index (χ2v) is 15.1. The highest BCUT2D eigenvalue weighted by molar-refractivity contribution is 14.1. The van der Waals surface area contributed by atoms with Gasteiger partial charge in [-0.1, -0.05) is 25.6 Å². The lowest BCUT2D eigenvalue weighted by Gasteiger charge is -2.11. The molecule has 0 aromatic heterocycles. The maximum Gasteiger partial charge on any atom is 0.338 e. The Labute approximate surface area is 233 Å². The van der Waals surface area contributed by atoms with E-state index >= 15 is 0 Å². The molecule has 0 fully saturated rings. The Kier molecular flexibility index (Phi) is 12.0. The Hall–Kier alpha value is -3.17. The topological polar surface area (TPSA) is 111 Å². The van der Waals surface area contributed by atoms with Crippen LogP contribution in [0, 0.1) is 28.9 Å². The Balaban J connectivity index is 0.000000384. The van der Waals surface area contributed by atoms with E-state index in [0.717, 1.165) is 14.7 Å². The van der Waals surface area contributed by atoms with Crippen LogP contribution in [0.3, 0.4) is 0 Å². The molecule has 0 heterocycles. The number of halogens is 1. The van der Waals surface area contributed by atoms with Crippen molar-refractivity contribution < 1.29 is 28.7 Å². The molecule has 0 unspecified atom stereocenters. The van der Waals surface area contributed by atoms with Crippen LogP contribution in [0.25, 0.3) is 0 Å². The molecule has 2 amide bonds. The molecular weight excluding hydrogens is 603 g/mol. The van der Waals surface area contributed by atoms with E-state index in [4.69, 9.17) is 4.74 Å². The molecule has 2 N–H and O–H groups in total. The molecule has 0 aliphatic carbocycles. The molecule has 0 aliphatic rings. The number of amides is 2. The van der Waals surface area contributed by atoms with Crippen molar-refractivity contribution in [1.82, 2.24) is 0 Å². The van der Waals surface area contributed by atoms with Gasteiger partial charge in [0.25, 0.3) is 0 Å². The summed E-state index contributed by atoms with van der Waals surface area (Å²) >= 11 is 2.06. The number of carbonyl (C=O) groups is 4. The van der Waals surface area contributed by atoms with Gasteiger partial charge in [-0.3, -0.25) is 9.59 Å². The smallest absolute Gasteiger partial charge is 0.338 e. The fourth-order valence-electron chi connectivity index (χ4n) is 2.99. The number of benzene rings is 2. The summed E-state index contributed by atoms with van der Waals surface area (Å²) in [6.07, 6.45) is 0. The van der Waals surface area contributed by atoms with E-state index < -0.39 is 14.0 Å². The van der Waals surface area contributed by atoms with Crippen molar-refractivity contribution in [1.29, 1.82) is 0 Å². The summed E-state index contributed by atoms with van der Waals surface area (Å²) in [5.74, 6) is 2.01. The third kappa shape index (κ3) is 10.4. The molecule has 0 saturated heterocycles. The van der Waals surface area contributed by atoms with E-state index in [1.165, 1.54) is 28.1 Å². The summed E-state index contributed by atoms with van der Waals surface area (Å²) in [7, 11) is 1.13. The van der Waals surface area contributed by atoms with Gasteiger partial charge in [-0.2, -0.15) is 0 Å². The number of ether oxygens (including phenoxy) is 2. The highest BCUT2D eigenvalue weighted by atomic mass is 127.